The summed E-state index contributed by atoms with van der Waals surface area (Å²) in [6.07, 6.45) is 1.55. The first-order chi connectivity index (χ1) is 10.5. The topological polar surface area (TPSA) is 88.0 Å². The van der Waals surface area contributed by atoms with E-state index in [0.717, 1.165) is 3.57 Å². The first-order valence-electron chi connectivity index (χ1n) is 6.37. The van der Waals surface area contributed by atoms with Gasteiger partial charge in [0.1, 0.15) is 0 Å². The van der Waals surface area contributed by atoms with Gasteiger partial charge in [-0.05, 0) is 46.9 Å². The van der Waals surface area contributed by atoms with Crippen LogP contribution < -0.4 is 5.32 Å². The summed E-state index contributed by atoms with van der Waals surface area (Å²) in [5.74, 6) is -0.311. The second kappa shape index (κ2) is 5.76. The highest BCUT2D eigenvalue weighted by molar-refractivity contribution is 14.1. The van der Waals surface area contributed by atoms with Crippen LogP contribution in [0.3, 0.4) is 0 Å². The summed E-state index contributed by atoms with van der Waals surface area (Å²) in [7, 11) is 0. The van der Waals surface area contributed by atoms with Gasteiger partial charge < -0.3 is 10.3 Å². The van der Waals surface area contributed by atoms with E-state index in [1.54, 1.807) is 18.3 Å². The first-order valence-corrected chi connectivity index (χ1v) is 7.45. The third-order valence-electron chi connectivity index (χ3n) is 3.20. The van der Waals surface area contributed by atoms with Gasteiger partial charge in [0.15, 0.2) is 0 Å². The van der Waals surface area contributed by atoms with Gasteiger partial charge in [-0.25, -0.2) is 0 Å². The quantitative estimate of drug-likeness (QED) is 0.392. The van der Waals surface area contributed by atoms with Crippen molar-refractivity contribution in [3.05, 3.63) is 67.9 Å². The minimum Gasteiger partial charge on any atom is -0.360 e. The van der Waals surface area contributed by atoms with Crippen molar-refractivity contribution in [3.63, 3.8) is 0 Å². The lowest BCUT2D eigenvalue weighted by Gasteiger charge is -2.04. The lowest BCUT2D eigenvalue weighted by atomic mass is 10.1. The number of aromatic nitrogens is 1. The van der Waals surface area contributed by atoms with Crippen LogP contribution in [0.4, 0.5) is 11.4 Å². The molecule has 110 valence electrons. The van der Waals surface area contributed by atoms with Crippen molar-refractivity contribution in [2.75, 3.05) is 5.32 Å². The van der Waals surface area contributed by atoms with Gasteiger partial charge in [-0.3, -0.25) is 14.9 Å². The second-order valence-electron chi connectivity index (χ2n) is 4.65. The van der Waals surface area contributed by atoms with E-state index in [-0.39, 0.29) is 11.6 Å². The number of nitrogens with zero attached hydrogens (tertiary/aromatic N) is 1. The van der Waals surface area contributed by atoms with E-state index in [0.29, 0.717) is 22.2 Å². The SMILES string of the molecule is O=C(Nc1cccc(I)c1)c1c[nH]c2ccc([N+](=O)[O-])cc12. The van der Waals surface area contributed by atoms with Gasteiger partial charge in [-0.2, -0.15) is 0 Å². The minimum atomic E-state index is -0.478. The molecule has 3 aromatic rings. The molecule has 0 fully saturated rings. The van der Waals surface area contributed by atoms with Crippen LogP contribution in [0, 0.1) is 13.7 Å². The lowest BCUT2D eigenvalue weighted by molar-refractivity contribution is -0.384. The number of aromatic amines is 1. The van der Waals surface area contributed by atoms with E-state index in [4.69, 9.17) is 0 Å². The molecule has 0 bridgehead atoms. The Bertz CT molecular complexity index is 889. The second-order valence-corrected chi connectivity index (χ2v) is 5.90. The Hall–Kier alpha value is -2.42. The molecule has 0 radical (unpaired) electrons. The minimum absolute atomic E-state index is 0.0459. The number of non-ortho nitro benzene ring substituents is 1. The number of rotatable bonds is 3. The normalized spacial score (nSPS) is 10.6. The number of hydrogen-bond donors (Lipinski definition) is 2. The number of amides is 1. The summed E-state index contributed by atoms with van der Waals surface area (Å²) >= 11 is 2.16. The molecule has 1 heterocycles. The Labute approximate surface area is 138 Å². The molecular weight excluding hydrogens is 397 g/mol. The fourth-order valence-corrected chi connectivity index (χ4v) is 2.72. The molecule has 0 aliphatic rings. The zero-order chi connectivity index (χ0) is 15.7. The van der Waals surface area contributed by atoms with Gasteiger partial charge >= 0.3 is 0 Å². The van der Waals surface area contributed by atoms with Crippen molar-refractivity contribution in [2.24, 2.45) is 0 Å². The molecule has 1 aromatic heterocycles. The van der Waals surface area contributed by atoms with Gasteiger partial charge in [0.25, 0.3) is 11.6 Å². The van der Waals surface area contributed by atoms with Gasteiger partial charge in [-0.15, -0.1) is 0 Å². The third kappa shape index (κ3) is 2.80. The molecule has 0 atom stereocenters. The number of H-pyrrole nitrogens is 1. The largest absolute Gasteiger partial charge is 0.360 e. The number of halogens is 1. The molecule has 0 aliphatic carbocycles. The van der Waals surface area contributed by atoms with Crippen molar-refractivity contribution >= 4 is 50.8 Å². The molecule has 0 saturated heterocycles. The number of carbonyl (C=O) groups excluding carboxylic acids is 1. The van der Waals surface area contributed by atoms with E-state index >= 15 is 0 Å². The van der Waals surface area contributed by atoms with Gasteiger partial charge in [0, 0.05) is 38.5 Å². The predicted octanol–water partition coefficient (Wildman–Crippen LogP) is 3.93. The molecule has 0 unspecified atom stereocenters. The van der Waals surface area contributed by atoms with Crippen molar-refractivity contribution < 1.29 is 9.72 Å². The fraction of sp³-hybridized carbons (Fsp3) is 0. The van der Waals surface area contributed by atoms with Crippen molar-refractivity contribution in [1.82, 2.24) is 4.98 Å². The summed E-state index contributed by atoms with van der Waals surface area (Å²) in [5.41, 5.74) is 1.68. The van der Waals surface area contributed by atoms with E-state index in [2.05, 4.69) is 32.9 Å². The summed E-state index contributed by atoms with van der Waals surface area (Å²) in [6.45, 7) is 0. The Balaban J connectivity index is 1.97. The number of nitro groups is 1. The summed E-state index contributed by atoms with van der Waals surface area (Å²) in [6, 6.07) is 11.8. The lowest BCUT2D eigenvalue weighted by Crippen LogP contribution is -2.11. The van der Waals surface area contributed by atoms with E-state index in [9.17, 15) is 14.9 Å². The number of nitrogens with one attached hydrogen (secondary N) is 2. The molecule has 6 nitrogen and oxygen atoms in total. The van der Waals surface area contributed by atoms with Crippen molar-refractivity contribution in [3.8, 4) is 0 Å². The number of nitro benzene ring substituents is 1. The van der Waals surface area contributed by atoms with E-state index < -0.39 is 4.92 Å². The molecule has 3 rings (SSSR count). The highest BCUT2D eigenvalue weighted by atomic mass is 127. The van der Waals surface area contributed by atoms with Crippen LogP contribution in [0.2, 0.25) is 0 Å². The molecule has 1 amide bonds. The number of benzene rings is 2. The summed E-state index contributed by atoms with van der Waals surface area (Å²) < 4.78 is 1.00. The number of carbonyl (C=O) groups is 1. The van der Waals surface area contributed by atoms with Crippen LogP contribution >= 0.6 is 22.6 Å². The first kappa shape index (κ1) is 14.5. The van der Waals surface area contributed by atoms with Crippen LogP contribution in [-0.4, -0.2) is 15.8 Å². The Morgan fingerprint density at radius 2 is 2.05 bits per heavy atom. The molecule has 22 heavy (non-hydrogen) atoms. The third-order valence-corrected chi connectivity index (χ3v) is 3.87. The van der Waals surface area contributed by atoms with E-state index in [1.165, 1.54) is 12.1 Å². The molecule has 7 heteroatoms. The average Bonchev–Trinajstić information content (AvgIpc) is 2.90. The van der Waals surface area contributed by atoms with Gasteiger partial charge in [0.2, 0.25) is 0 Å². The number of anilines is 1. The summed E-state index contributed by atoms with van der Waals surface area (Å²) in [4.78, 5) is 25.7. The highest BCUT2D eigenvalue weighted by Gasteiger charge is 2.15. The van der Waals surface area contributed by atoms with Gasteiger partial charge in [0.05, 0.1) is 10.5 Å². The molecule has 2 aromatic carbocycles. The standard InChI is InChI=1S/C15H10IN3O3/c16-9-2-1-3-10(6-9)18-15(20)13-8-17-14-5-4-11(19(21)22)7-12(13)14/h1-8,17H,(H,18,20). The summed E-state index contributed by atoms with van der Waals surface area (Å²) in [5, 5.41) is 14.2. The van der Waals surface area contributed by atoms with Crippen LogP contribution in [0.1, 0.15) is 10.4 Å². The Morgan fingerprint density at radius 1 is 1.23 bits per heavy atom. The maximum atomic E-state index is 12.4. The van der Waals surface area contributed by atoms with Crippen molar-refractivity contribution in [2.45, 2.75) is 0 Å². The van der Waals surface area contributed by atoms with Crippen LogP contribution in [0.25, 0.3) is 10.9 Å². The molecule has 2 N–H and O–H groups in total. The van der Waals surface area contributed by atoms with Crippen LogP contribution in [0.15, 0.2) is 48.7 Å². The fourth-order valence-electron chi connectivity index (χ4n) is 2.17. The maximum Gasteiger partial charge on any atom is 0.270 e. The number of fused-ring (bicyclic) bond motifs is 1. The van der Waals surface area contributed by atoms with Crippen molar-refractivity contribution in [1.29, 1.82) is 0 Å². The van der Waals surface area contributed by atoms with E-state index in [1.807, 2.05) is 18.2 Å². The zero-order valence-electron chi connectivity index (χ0n) is 11.2. The Morgan fingerprint density at radius 3 is 2.77 bits per heavy atom. The molecule has 0 aliphatic heterocycles. The molecule has 0 spiro atoms. The average molecular weight is 407 g/mol. The van der Waals surface area contributed by atoms with Gasteiger partial charge in [-0.1, -0.05) is 6.07 Å². The van der Waals surface area contributed by atoms with Crippen LogP contribution in [0.5, 0.6) is 0 Å². The monoisotopic (exact) mass is 407 g/mol. The predicted molar refractivity (Wildman–Crippen MR) is 92.1 cm³/mol. The number of hydrogen-bond acceptors (Lipinski definition) is 3. The molecular formula is C15H10IN3O3. The maximum absolute atomic E-state index is 12.4. The van der Waals surface area contributed by atoms with Crippen LogP contribution in [-0.2, 0) is 0 Å². The highest BCUT2D eigenvalue weighted by Crippen LogP contribution is 2.24. The Kier molecular flexibility index (Phi) is 3.80. The zero-order valence-corrected chi connectivity index (χ0v) is 13.3. The molecule has 0 saturated carbocycles. The smallest absolute Gasteiger partial charge is 0.270 e.